The second kappa shape index (κ2) is 10.3. The van der Waals surface area contributed by atoms with Crippen LogP contribution in [0.3, 0.4) is 0 Å². The summed E-state index contributed by atoms with van der Waals surface area (Å²) in [6, 6.07) is 8.09. The zero-order valence-corrected chi connectivity index (χ0v) is 22.0. The molecule has 0 radical (unpaired) electrons. The Hall–Kier alpha value is -2.37. The minimum absolute atomic E-state index is 0.0594. The van der Waals surface area contributed by atoms with E-state index < -0.39 is 0 Å². The van der Waals surface area contributed by atoms with Crippen LogP contribution in [-0.4, -0.2) is 51.7 Å². The fraction of sp³-hybridized carbons (Fsp3) is 0.500. The molecule has 1 heterocycles. The van der Waals surface area contributed by atoms with Gasteiger partial charge in [-0.15, -0.1) is 0 Å². The summed E-state index contributed by atoms with van der Waals surface area (Å²) in [6.07, 6.45) is 3.81. The van der Waals surface area contributed by atoms with Crippen LogP contribution < -0.4 is 13.8 Å². The fourth-order valence-electron chi connectivity index (χ4n) is 3.99. The monoisotopic (exact) mass is 519 g/mol. The van der Waals surface area contributed by atoms with E-state index >= 15 is 0 Å². The number of carbonyl (C=O) groups excluding carboxylic acids is 2. The molecule has 0 fully saturated rings. The number of aromatic nitrogens is 1. The van der Waals surface area contributed by atoms with Crippen LogP contribution in [-0.2, 0) is 25.1 Å². The Morgan fingerprint density at radius 2 is 1.67 bits per heavy atom. The molecular formula is C26H33NO5Se. The van der Waals surface area contributed by atoms with Crippen LogP contribution in [0.15, 0.2) is 30.5 Å². The van der Waals surface area contributed by atoms with E-state index in [1.54, 1.807) is 19.2 Å². The fourth-order valence-corrected chi connectivity index (χ4v) is 5.80. The predicted octanol–water partition coefficient (Wildman–Crippen LogP) is 3.20. The molecule has 1 aromatic heterocycles. The normalized spacial score (nSPS) is 15.9. The van der Waals surface area contributed by atoms with Crippen LogP contribution in [0.2, 0.25) is 0 Å². The molecule has 0 saturated carbocycles. The zero-order valence-electron chi connectivity index (χ0n) is 20.3. The van der Waals surface area contributed by atoms with Gasteiger partial charge in [0, 0.05) is 0 Å². The summed E-state index contributed by atoms with van der Waals surface area (Å²) in [6.45, 7) is 13.2. The first kappa shape index (κ1) is 25.3. The predicted molar refractivity (Wildman–Crippen MR) is 129 cm³/mol. The van der Waals surface area contributed by atoms with Gasteiger partial charge in [-0.3, -0.25) is 0 Å². The van der Waals surface area contributed by atoms with Crippen molar-refractivity contribution in [2.24, 2.45) is 0 Å². The van der Waals surface area contributed by atoms with Crippen LogP contribution in [0.5, 0.6) is 5.75 Å². The molecule has 0 atom stereocenters. The second-order valence-corrected chi connectivity index (χ2v) is 11.7. The van der Waals surface area contributed by atoms with E-state index in [0.29, 0.717) is 18.8 Å². The topological polar surface area (TPSA) is 74.7 Å². The number of hydrogen-bond acceptors (Lipinski definition) is 6. The van der Waals surface area contributed by atoms with Gasteiger partial charge in [-0.1, -0.05) is 0 Å². The Morgan fingerprint density at radius 1 is 1.00 bits per heavy atom. The van der Waals surface area contributed by atoms with E-state index in [-0.39, 0.29) is 44.3 Å². The van der Waals surface area contributed by atoms with E-state index in [1.807, 2.05) is 6.07 Å². The first-order chi connectivity index (χ1) is 15.5. The molecule has 3 rings (SSSR count). The number of ether oxygens (including phenoxy) is 3. The van der Waals surface area contributed by atoms with Crippen molar-refractivity contribution in [3.63, 3.8) is 0 Å². The van der Waals surface area contributed by atoms with Crippen LogP contribution in [0.1, 0.15) is 75.9 Å². The summed E-state index contributed by atoms with van der Waals surface area (Å²) in [7, 11) is 0. The van der Waals surface area contributed by atoms with Crippen LogP contribution in [0.4, 0.5) is 0 Å². The number of fused-ring (bicyclic) bond motifs is 1. The molecule has 0 saturated heterocycles. The van der Waals surface area contributed by atoms with Gasteiger partial charge in [0.1, 0.15) is 0 Å². The van der Waals surface area contributed by atoms with Gasteiger partial charge in [-0.2, -0.15) is 0 Å². The van der Waals surface area contributed by atoms with Gasteiger partial charge in [0.25, 0.3) is 0 Å². The quantitative estimate of drug-likeness (QED) is 0.304. The second-order valence-electron chi connectivity index (χ2n) is 9.51. The van der Waals surface area contributed by atoms with Gasteiger partial charge >= 0.3 is 203 Å². The van der Waals surface area contributed by atoms with E-state index in [4.69, 9.17) is 14.2 Å². The molecule has 7 heteroatoms. The first-order valence-electron chi connectivity index (χ1n) is 11.3. The Balaban J connectivity index is 1.94. The molecule has 0 spiro atoms. The van der Waals surface area contributed by atoms with Gasteiger partial charge < -0.3 is 0 Å². The van der Waals surface area contributed by atoms with Crippen molar-refractivity contribution in [3.05, 3.63) is 47.2 Å². The molecule has 0 N–H and O–H groups in total. The van der Waals surface area contributed by atoms with E-state index in [1.165, 1.54) is 18.1 Å². The van der Waals surface area contributed by atoms with Crippen molar-refractivity contribution >= 4 is 35.9 Å². The van der Waals surface area contributed by atoms with Gasteiger partial charge in [-0.25, -0.2) is 0 Å². The summed E-state index contributed by atoms with van der Waals surface area (Å²) < 4.78 is 18.2. The molecule has 178 valence electrons. The van der Waals surface area contributed by atoms with Crippen molar-refractivity contribution in [1.82, 2.24) is 4.98 Å². The number of benzene rings is 1. The van der Waals surface area contributed by atoms with Gasteiger partial charge in [0.05, 0.1) is 0 Å². The molecule has 1 aliphatic carbocycles. The first-order valence-corrected chi connectivity index (χ1v) is 13.0. The van der Waals surface area contributed by atoms with E-state index in [0.717, 1.165) is 27.6 Å². The molecule has 1 aromatic carbocycles. The molecule has 0 aliphatic heterocycles. The number of pyridine rings is 1. The van der Waals surface area contributed by atoms with Crippen molar-refractivity contribution in [1.29, 1.82) is 0 Å². The molecule has 1 aliphatic rings. The number of carbonyl (C=O) groups is 2. The average molecular weight is 519 g/mol. The Morgan fingerprint density at radius 3 is 2.24 bits per heavy atom. The average Bonchev–Trinajstić information content (AvgIpc) is 2.75. The van der Waals surface area contributed by atoms with Gasteiger partial charge in [0.2, 0.25) is 0 Å². The molecule has 0 bridgehead atoms. The molecule has 33 heavy (non-hydrogen) atoms. The summed E-state index contributed by atoms with van der Waals surface area (Å²) in [5.74, 6) is 0.126. The molecule has 6 nitrogen and oxygen atoms in total. The van der Waals surface area contributed by atoms with Gasteiger partial charge in [0.15, 0.2) is 0 Å². The Kier molecular flexibility index (Phi) is 7.86. The Labute approximate surface area is 202 Å². The van der Waals surface area contributed by atoms with Gasteiger partial charge in [-0.05, 0) is 0 Å². The Bertz CT molecular complexity index is 1010. The zero-order chi connectivity index (χ0) is 24.2. The van der Waals surface area contributed by atoms with Crippen molar-refractivity contribution in [2.75, 3.05) is 19.8 Å². The third kappa shape index (κ3) is 6.15. The standard InChI is InChI=1S/C26H33NO5Se/c1-7-30-24(29)18-8-9-23(27-16-18)33-22-15-20-19(25(3,4)10-11-26(20,5)6)14-21(22)32-13-12-31-17(2)28/h8-9,14-16H,7,10-13H2,1-6H3. The van der Waals surface area contributed by atoms with E-state index in [9.17, 15) is 9.59 Å². The molecule has 0 amide bonds. The van der Waals surface area contributed by atoms with Crippen molar-refractivity contribution < 1.29 is 23.8 Å². The van der Waals surface area contributed by atoms with E-state index in [2.05, 4.69) is 44.8 Å². The van der Waals surface area contributed by atoms with Crippen LogP contribution >= 0.6 is 0 Å². The molecule has 0 unspecified atom stereocenters. The van der Waals surface area contributed by atoms with Crippen LogP contribution in [0.25, 0.3) is 0 Å². The minimum atomic E-state index is -0.365. The maximum atomic E-state index is 11.9. The van der Waals surface area contributed by atoms with Crippen LogP contribution in [0, 0.1) is 0 Å². The number of hydrogen-bond donors (Lipinski definition) is 0. The van der Waals surface area contributed by atoms with Crippen molar-refractivity contribution in [3.8, 4) is 5.75 Å². The third-order valence-electron chi connectivity index (χ3n) is 6.03. The number of rotatable bonds is 8. The summed E-state index contributed by atoms with van der Waals surface area (Å²) in [5, 5.41) is 0. The van der Waals surface area contributed by atoms with Crippen molar-refractivity contribution in [2.45, 2.75) is 65.2 Å². The maximum absolute atomic E-state index is 11.9. The summed E-state index contributed by atoms with van der Waals surface area (Å²) in [4.78, 5) is 27.6. The summed E-state index contributed by atoms with van der Waals surface area (Å²) in [5.41, 5.74) is 3.25. The number of esters is 2. The molecule has 2 aromatic rings. The number of nitrogens with zero attached hydrogens (tertiary/aromatic N) is 1. The SMILES string of the molecule is CCOC(=O)c1ccc([Se]c2cc3c(cc2OCCOC(C)=O)C(C)(C)CCC3(C)C)nc1. The molecular weight excluding hydrogens is 485 g/mol. The third-order valence-corrected chi connectivity index (χ3v) is 8.10. The summed E-state index contributed by atoms with van der Waals surface area (Å²) >= 11 is -0.128.